The molecule has 9 heteroatoms. The van der Waals surface area contributed by atoms with Crippen LogP contribution in [0.1, 0.15) is 31.9 Å². The molecule has 0 bridgehead atoms. The molecule has 0 heterocycles. The van der Waals surface area contributed by atoms with E-state index < -0.39 is 35.8 Å². The number of carbonyl (C=O) groups is 1. The van der Waals surface area contributed by atoms with Crippen molar-refractivity contribution in [2.24, 2.45) is 5.92 Å². The number of esters is 1. The summed E-state index contributed by atoms with van der Waals surface area (Å²) in [6.45, 7) is 3.51. The van der Waals surface area contributed by atoms with Crippen molar-refractivity contribution in [3.05, 3.63) is 47.8 Å². The zero-order valence-corrected chi connectivity index (χ0v) is 16.6. The van der Waals surface area contributed by atoms with Crippen LogP contribution >= 0.6 is 0 Å². The van der Waals surface area contributed by atoms with Crippen molar-refractivity contribution in [2.75, 3.05) is 7.11 Å². The number of hydrogen-bond acceptors (Lipinski definition) is 5. The molecule has 0 spiro atoms. The normalized spacial score (nSPS) is 13.9. The van der Waals surface area contributed by atoms with Gasteiger partial charge in [-0.3, -0.25) is 10.1 Å². The Morgan fingerprint density at radius 1 is 1.10 bits per heavy atom. The highest BCUT2D eigenvalue weighted by Gasteiger charge is 2.43. The number of halogens is 4. The molecule has 2 aromatic rings. The van der Waals surface area contributed by atoms with Gasteiger partial charge >= 0.3 is 12.1 Å². The molecule has 2 atom stereocenters. The van der Waals surface area contributed by atoms with Crippen LogP contribution < -0.4 is 5.32 Å². The van der Waals surface area contributed by atoms with Crippen LogP contribution in [0.3, 0.4) is 0 Å². The molecule has 0 aliphatic carbocycles. The molecule has 1 unspecified atom stereocenters. The van der Waals surface area contributed by atoms with Gasteiger partial charge in [-0.05, 0) is 42.2 Å². The number of phenols is 2. The second-order valence-electron chi connectivity index (χ2n) is 7.29. The molecule has 0 aromatic heterocycles. The quantitative estimate of drug-likeness (QED) is 0.440. The Balaban J connectivity index is 2.44. The van der Waals surface area contributed by atoms with Crippen LogP contribution in [0.2, 0.25) is 0 Å². The van der Waals surface area contributed by atoms with Crippen molar-refractivity contribution in [1.82, 2.24) is 5.32 Å². The minimum atomic E-state index is -4.78. The molecule has 0 radical (unpaired) electrons. The fourth-order valence-corrected chi connectivity index (χ4v) is 3.10. The molecule has 30 heavy (non-hydrogen) atoms. The predicted octanol–water partition coefficient (Wildman–Crippen LogP) is 4.68. The summed E-state index contributed by atoms with van der Waals surface area (Å²) < 4.78 is 59.9. The third-order valence-corrected chi connectivity index (χ3v) is 4.48. The lowest BCUT2D eigenvalue weighted by atomic mass is 9.97. The summed E-state index contributed by atoms with van der Waals surface area (Å²) in [5.74, 6) is -2.55. The molecule has 0 fully saturated rings. The number of nitrogens with one attached hydrogen (secondary N) is 1. The number of hydrogen-bond donors (Lipinski definition) is 3. The van der Waals surface area contributed by atoms with E-state index in [9.17, 15) is 32.6 Å². The number of phenolic OH excluding ortho intramolecular Hbond substituents is 2. The maximum Gasteiger partial charge on any atom is 0.407 e. The van der Waals surface area contributed by atoms with Crippen molar-refractivity contribution in [3.8, 4) is 22.6 Å². The Morgan fingerprint density at radius 3 is 2.30 bits per heavy atom. The summed E-state index contributed by atoms with van der Waals surface area (Å²) in [7, 11) is 1.09. The van der Waals surface area contributed by atoms with Gasteiger partial charge in [0.1, 0.15) is 29.4 Å². The Morgan fingerprint density at radius 2 is 1.77 bits per heavy atom. The summed E-state index contributed by atoms with van der Waals surface area (Å²) >= 11 is 0. The number of rotatable bonds is 7. The minimum Gasteiger partial charge on any atom is -0.508 e. The van der Waals surface area contributed by atoms with E-state index in [4.69, 9.17) is 0 Å². The maximum atomic E-state index is 14.0. The Bertz CT molecular complexity index is 899. The van der Waals surface area contributed by atoms with Crippen molar-refractivity contribution < 1.29 is 37.3 Å². The van der Waals surface area contributed by atoms with Gasteiger partial charge in [-0.25, -0.2) is 4.39 Å². The molecule has 2 aromatic carbocycles. The maximum absolute atomic E-state index is 14.0. The molecular weight excluding hydrogens is 406 g/mol. The lowest BCUT2D eigenvalue weighted by molar-refractivity contribution is -0.164. The van der Waals surface area contributed by atoms with Crippen LogP contribution in [-0.4, -0.2) is 35.5 Å². The molecule has 0 saturated carbocycles. The van der Waals surface area contributed by atoms with E-state index in [0.717, 1.165) is 43.5 Å². The second-order valence-corrected chi connectivity index (χ2v) is 7.29. The third-order valence-electron chi connectivity index (χ3n) is 4.48. The van der Waals surface area contributed by atoms with E-state index in [2.05, 4.69) is 10.1 Å². The van der Waals surface area contributed by atoms with Crippen LogP contribution in [0.5, 0.6) is 11.5 Å². The topological polar surface area (TPSA) is 78.8 Å². The zero-order valence-electron chi connectivity index (χ0n) is 16.6. The number of methoxy groups -OCH3 is 1. The summed E-state index contributed by atoms with van der Waals surface area (Å²) in [4.78, 5) is 11.9. The standard InChI is InChI=1S/C21H23F4NO4/c1-11(2)8-17(20(29)30-3)26-19(21(23,24)25)12-4-6-14(18(28)9-12)15-10-13(27)5-7-16(15)22/h4-7,9-11,17,19,26-28H,8H2,1-3H3/t17-,19?/m0/s1. The number of carbonyl (C=O) groups excluding carboxylic acids is 1. The highest BCUT2D eigenvalue weighted by atomic mass is 19.4. The van der Waals surface area contributed by atoms with Gasteiger partial charge in [0, 0.05) is 11.1 Å². The summed E-state index contributed by atoms with van der Waals surface area (Å²) in [6, 6.07) is 2.71. The van der Waals surface area contributed by atoms with Gasteiger partial charge in [-0.15, -0.1) is 0 Å². The smallest absolute Gasteiger partial charge is 0.407 e. The zero-order chi connectivity index (χ0) is 22.6. The van der Waals surface area contributed by atoms with Gasteiger partial charge in [0.2, 0.25) is 0 Å². The highest BCUT2D eigenvalue weighted by Crippen LogP contribution is 2.39. The van der Waals surface area contributed by atoms with Crippen LogP contribution in [0.4, 0.5) is 17.6 Å². The van der Waals surface area contributed by atoms with Gasteiger partial charge in [0.25, 0.3) is 0 Å². The fourth-order valence-electron chi connectivity index (χ4n) is 3.10. The van der Waals surface area contributed by atoms with Gasteiger partial charge in [-0.2, -0.15) is 13.2 Å². The van der Waals surface area contributed by atoms with Crippen molar-refractivity contribution >= 4 is 5.97 Å². The lowest BCUT2D eigenvalue weighted by Crippen LogP contribution is -2.45. The molecule has 164 valence electrons. The van der Waals surface area contributed by atoms with Gasteiger partial charge in [0.05, 0.1) is 7.11 Å². The van der Waals surface area contributed by atoms with E-state index in [1.54, 1.807) is 13.8 Å². The summed E-state index contributed by atoms with van der Waals surface area (Å²) in [6.07, 6.45) is -4.68. The second kappa shape index (κ2) is 9.34. The van der Waals surface area contributed by atoms with Crippen molar-refractivity contribution in [1.29, 1.82) is 0 Å². The SMILES string of the molecule is COC(=O)[C@H](CC(C)C)NC(c1ccc(-c2cc(O)ccc2F)c(O)c1)C(F)(F)F. The molecule has 0 aliphatic rings. The molecule has 5 nitrogen and oxygen atoms in total. The average molecular weight is 429 g/mol. The molecule has 0 saturated heterocycles. The lowest BCUT2D eigenvalue weighted by Gasteiger charge is -2.27. The Kier molecular flexibility index (Phi) is 7.30. The van der Waals surface area contributed by atoms with Gasteiger partial charge in [0.15, 0.2) is 0 Å². The molecule has 3 N–H and O–H groups in total. The van der Waals surface area contributed by atoms with Crippen LogP contribution in [0, 0.1) is 11.7 Å². The first-order valence-electron chi connectivity index (χ1n) is 9.16. The Hall–Kier alpha value is -2.81. The van der Waals surface area contributed by atoms with Gasteiger partial charge < -0.3 is 14.9 Å². The molecular formula is C21H23F4NO4. The number of ether oxygens (including phenoxy) is 1. The van der Waals surface area contributed by atoms with Crippen molar-refractivity contribution in [2.45, 2.75) is 38.5 Å². The fraction of sp³-hybridized carbons (Fsp3) is 0.381. The summed E-state index contributed by atoms with van der Waals surface area (Å²) in [5.41, 5.74) is -0.607. The first kappa shape index (κ1) is 23.5. The van der Waals surface area contributed by atoms with Crippen LogP contribution in [0.15, 0.2) is 36.4 Å². The first-order valence-corrected chi connectivity index (χ1v) is 9.16. The van der Waals surface area contributed by atoms with E-state index in [1.807, 2.05) is 0 Å². The van der Waals surface area contributed by atoms with Crippen molar-refractivity contribution in [3.63, 3.8) is 0 Å². The predicted molar refractivity (Wildman–Crippen MR) is 102 cm³/mol. The molecule has 0 aliphatic heterocycles. The van der Waals surface area contributed by atoms with E-state index in [-0.39, 0.29) is 34.8 Å². The largest absolute Gasteiger partial charge is 0.508 e. The average Bonchev–Trinajstić information content (AvgIpc) is 2.65. The van der Waals surface area contributed by atoms with Gasteiger partial charge in [-0.1, -0.05) is 26.0 Å². The monoisotopic (exact) mass is 429 g/mol. The van der Waals surface area contributed by atoms with Crippen LogP contribution in [-0.2, 0) is 9.53 Å². The molecule has 0 amide bonds. The highest BCUT2D eigenvalue weighted by molar-refractivity contribution is 5.76. The first-order chi connectivity index (χ1) is 13.9. The Labute approximate surface area is 171 Å². The third kappa shape index (κ3) is 5.63. The van der Waals surface area contributed by atoms with E-state index >= 15 is 0 Å². The minimum absolute atomic E-state index is 0.0833. The number of alkyl halides is 3. The number of benzene rings is 2. The van der Waals surface area contributed by atoms with Crippen LogP contribution in [0.25, 0.3) is 11.1 Å². The number of aromatic hydroxyl groups is 2. The summed E-state index contributed by atoms with van der Waals surface area (Å²) in [5, 5.41) is 22.1. The van der Waals surface area contributed by atoms with E-state index in [1.165, 1.54) is 0 Å². The van der Waals surface area contributed by atoms with E-state index in [0.29, 0.717) is 0 Å². The molecule has 2 rings (SSSR count).